The van der Waals surface area contributed by atoms with Gasteiger partial charge in [-0.25, -0.2) is 0 Å². The summed E-state index contributed by atoms with van der Waals surface area (Å²) in [4.78, 5) is 43.1. The van der Waals surface area contributed by atoms with Crippen molar-refractivity contribution in [2.24, 2.45) is 17.8 Å². The lowest BCUT2D eigenvalue weighted by molar-refractivity contribution is -0.148. The third-order valence-corrected chi connectivity index (χ3v) is 6.71. The maximum absolute atomic E-state index is 13.3. The number of allylic oxidation sites excluding steroid dienone is 2. The van der Waals surface area contributed by atoms with Gasteiger partial charge in [0.1, 0.15) is 6.04 Å². The topological polar surface area (TPSA) is 69.7 Å². The van der Waals surface area contributed by atoms with Gasteiger partial charge in [0, 0.05) is 13.1 Å². The minimum Gasteiger partial charge on any atom is -0.350 e. The number of nitrogens with one attached hydrogen (secondary N) is 1. The molecular weight excluding hydrogens is 402 g/mol. The number of likely N-dealkylation sites (tertiary alicyclic amines) is 1. The van der Waals surface area contributed by atoms with Crippen LogP contribution in [0.5, 0.6) is 0 Å². The van der Waals surface area contributed by atoms with E-state index in [4.69, 9.17) is 0 Å². The van der Waals surface area contributed by atoms with Gasteiger partial charge < -0.3 is 5.32 Å². The molecule has 32 heavy (non-hydrogen) atoms. The van der Waals surface area contributed by atoms with E-state index in [2.05, 4.69) is 30.1 Å². The first-order valence-electron chi connectivity index (χ1n) is 12.0. The van der Waals surface area contributed by atoms with E-state index in [1.807, 2.05) is 44.2 Å². The molecule has 1 aromatic rings. The fraction of sp³-hybridized carbons (Fsp3) is 0.577. The average molecular weight is 440 g/mol. The van der Waals surface area contributed by atoms with Crippen LogP contribution in [0.2, 0.25) is 0 Å². The van der Waals surface area contributed by atoms with Gasteiger partial charge in [0.25, 0.3) is 0 Å². The molecular formula is C26H37N3O3. The average Bonchev–Trinajstić information content (AvgIpc) is 3.05. The number of benzene rings is 1. The van der Waals surface area contributed by atoms with E-state index in [1.165, 1.54) is 10.5 Å². The van der Waals surface area contributed by atoms with E-state index in [0.29, 0.717) is 25.8 Å². The van der Waals surface area contributed by atoms with Crippen LogP contribution in [-0.2, 0) is 27.5 Å². The normalized spacial score (nSPS) is 21.4. The SMILES string of the molecule is CCN(CC)Cc1ccccc1CNC(=O)C(CC(C)C)N1C(=O)C2CC=CCC2C1=O. The lowest BCUT2D eigenvalue weighted by Gasteiger charge is -2.27. The van der Waals surface area contributed by atoms with Gasteiger partial charge in [-0.05, 0) is 49.4 Å². The van der Waals surface area contributed by atoms with E-state index < -0.39 is 6.04 Å². The number of rotatable bonds is 10. The van der Waals surface area contributed by atoms with Gasteiger partial charge in [0.05, 0.1) is 11.8 Å². The first-order chi connectivity index (χ1) is 15.4. The zero-order valence-electron chi connectivity index (χ0n) is 19.8. The van der Waals surface area contributed by atoms with Crippen molar-refractivity contribution in [2.45, 2.75) is 66.1 Å². The first kappa shape index (κ1) is 24.2. The fourth-order valence-electron chi connectivity index (χ4n) is 4.78. The monoisotopic (exact) mass is 439 g/mol. The second kappa shape index (κ2) is 10.9. The summed E-state index contributed by atoms with van der Waals surface area (Å²) in [6.45, 7) is 11.4. The highest BCUT2D eigenvalue weighted by Crippen LogP contribution is 2.37. The summed E-state index contributed by atoms with van der Waals surface area (Å²) in [6, 6.07) is 7.36. The van der Waals surface area contributed by atoms with Crippen LogP contribution in [0.3, 0.4) is 0 Å². The Labute approximate surface area is 192 Å². The van der Waals surface area contributed by atoms with Crippen LogP contribution in [0.4, 0.5) is 0 Å². The highest BCUT2D eigenvalue weighted by molar-refractivity contribution is 6.08. The lowest BCUT2D eigenvalue weighted by Crippen LogP contribution is -2.50. The molecule has 0 saturated carbocycles. The van der Waals surface area contributed by atoms with Crippen LogP contribution in [0.15, 0.2) is 36.4 Å². The number of carbonyl (C=O) groups excluding carboxylic acids is 3. The molecule has 1 aliphatic carbocycles. The maximum Gasteiger partial charge on any atom is 0.243 e. The van der Waals surface area contributed by atoms with Gasteiger partial charge in [-0.2, -0.15) is 0 Å². The maximum atomic E-state index is 13.3. The molecule has 3 rings (SSSR count). The third-order valence-electron chi connectivity index (χ3n) is 6.71. The standard InChI is InChI=1S/C26H37N3O3/c1-5-28(6-2)17-20-12-8-7-11-19(20)16-27-24(30)23(15-18(3)4)29-25(31)21-13-9-10-14-22(21)26(29)32/h7-12,18,21-23H,5-6,13-17H2,1-4H3,(H,27,30). The van der Waals surface area contributed by atoms with Crippen molar-refractivity contribution in [3.05, 3.63) is 47.5 Å². The molecule has 1 saturated heterocycles. The third kappa shape index (κ3) is 5.29. The molecule has 3 amide bonds. The van der Waals surface area contributed by atoms with Crippen LogP contribution in [0.25, 0.3) is 0 Å². The number of carbonyl (C=O) groups is 3. The second-order valence-electron chi connectivity index (χ2n) is 9.30. The fourth-order valence-corrected chi connectivity index (χ4v) is 4.78. The molecule has 3 unspecified atom stereocenters. The lowest BCUT2D eigenvalue weighted by atomic mass is 9.85. The molecule has 174 valence electrons. The van der Waals surface area contributed by atoms with Crippen LogP contribution in [-0.4, -0.2) is 46.7 Å². The Kier molecular flexibility index (Phi) is 8.24. The second-order valence-corrected chi connectivity index (χ2v) is 9.30. The van der Waals surface area contributed by atoms with E-state index in [1.54, 1.807) is 0 Å². The van der Waals surface area contributed by atoms with E-state index in [-0.39, 0.29) is 35.5 Å². The Morgan fingerprint density at radius 2 is 1.59 bits per heavy atom. The smallest absolute Gasteiger partial charge is 0.243 e. The Morgan fingerprint density at radius 3 is 2.12 bits per heavy atom. The van der Waals surface area contributed by atoms with E-state index >= 15 is 0 Å². The van der Waals surface area contributed by atoms with Crippen LogP contribution in [0, 0.1) is 17.8 Å². The van der Waals surface area contributed by atoms with Crippen molar-refractivity contribution in [1.82, 2.24) is 15.1 Å². The Balaban J connectivity index is 1.74. The van der Waals surface area contributed by atoms with Crippen LogP contribution in [0.1, 0.15) is 58.1 Å². The van der Waals surface area contributed by atoms with Gasteiger partial charge >= 0.3 is 0 Å². The molecule has 6 heteroatoms. The summed E-state index contributed by atoms with van der Waals surface area (Å²) in [6.07, 6.45) is 5.58. The molecule has 0 spiro atoms. The predicted molar refractivity (Wildman–Crippen MR) is 125 cm³/mol. The minimum atomic E-state index is -0.754. The molecule has 1 aromatic carbocycles. The molecule has 1 N–H and O–H groups in total. The van der Waals surface area contributed by atoms with Crippen molar-refractivity contribution in [2.75, 3.05) is 13.1 Å². The molecule has 2 aliphatic rings. The van der Waals surface area contributed by atoms with Crippen molar-refractivity contribution in [1.29, 1.82) is 0 Å². The highest BCUT2D eigenvalue weighted by Gasteiger charge is 2.51. The first-order valence-corrected chi connectivity index (χ1v) is 12.0. The summed E-state index contributed by atoms with van der Waals surface area (Å²) in [5.41, 5.74) is 2.25. The van der Waals surface area contributed by atoms with Gasteiger partial charge in [-0.15, -0.1) is 0 Å². The number of nitrogens with zero attached hydrogens (tertiary/aromatic N) is 2. The van der Waals surface area contributed by atoms with Crippen molar-refractivity contribution in [3.63, 3.8) is 0 Å². The van der Waals surface area contributed by atoms with E-state index in [9.17, 15) is 14.4 Å². The molecule has 6 nitrogen and oxygen atoms in total. The number of fused-ring (bicyclic) bond motifs is 1. The van der Waals surface area contributed by atoms with E-state index in [0.717, 1.165) is 25.2 Å². The quantitative estimate of drug-likeness (QED) is 0.447. The summed E-state index contributed by atoms with van der Waals surface area (Å²) >= 11 is 0. The summed E-state index contributed by atoms with van der Waals surface area (Å²) < 4.78 is 0. The van der Waals surface area contributed by atoms with Gasteiger partial charge in [-0.1, -0.05) is 64.1 Å². The molecule has 0 radical (unpaired) electrons. The molecule has 0 bridgehead atoms. The summed E-state index contributed by atoms with van der Waals surface area (Å²) in [5, 5.41) is 3.03. The number of hydrogen-bond donors (Lipinski definition) is 1. The summed E-state index contributed by atoms with van der Waals surface area (Å²) in [7, 11) is 0. The Morgan fingerprint density at radius 1 is 1.03 bits per heavy atom. The number of imide groups is 1. The molecule has 1 aliphatic heterocycles. The van der Waals surface area contributed by atoms with Crippen molar-refractivity contribution in [3.8, 4) is 0 Å². The zero-order valence-corrected chi connectivity index (χ0v) is 19.8. The highest BCUT2D eigenvalue weighted by atomic mass is 16.2. The zero-order chi connectivity index (χ0) is 23.3. The van der Waals surface area contributed by atoms with Crippen molar-refractivity contribution >= 4 is 17.7 Å². The molecule has 1 heterocycles. The number of amides is 3. The number of hydrogen-bond acceptors (Lipinski definition) is 4. The largest absolute Gasteiger partial charge is 0.350 e. The summed E-state index contributed by atoms with van der Waals surface area (Å²) in [5.74, 6) is -1.07. The minimum absolute atomic E-state index is 0.182. The van der Waals surface area contributed by atoms with Gasteiger partial charge in [-0.3, -0.25) is 24.2 Å². The van der Waals surface area contributed by atoms with Crippen LogP contribution >= 0.6 is 0 Å². The van der Waals surface area contributed by atoms with Gasteiger partial charge in [0.2, 0.25) is 17.7 Å². The Hall–Kier alpha value is -2.47. The van der Waals surface area contributed by atoms with Gasteiger partial charge in [0.15, 0.2) is 0 Å². The molecule has 3 atom stereocenters. The van der Waals surface area contributed by atoms with Crippen molar-refractivity contribution < 1.29 is 14.4 Å². The molecule has 0 aromatic heterocycles. The molecule has 1 fully saturated rings. The predicted octanol–water partition coefficient (Wildman–Crippen LogP) is 3.51. The van der Waals surface area contributed by atoms with Crippen LogP contribution < -0.4 is 5.32 Å². The Bertz CT molecular complexity index is 834.